The highest BCUT2D eigenvalue weighted by Gasteiger charge is 2.46. The third-order valence-corrected chi connectivity index (χ3v) is 9.37. The van der Waals surface area contributed by atoms with Gasteiger partial charge in [-0.15, -0.1) is 0 Å². The van der Waals surface area contributed by atoms with E-state index in [9.17, 15) is 23.2 Å². The zero-order chi connectivity index (χ0) is 25.5. The Balaban J connectivity index is 1.61. The van der Waals surface area contributed by atoms with E-state index in [0.717, 1.165) is 5.56 Å². The highest BCUT2D eigenvalue weighted by molar-refractivity contribution is 7.97. The maximum Gasteiger partial charge on any atom is 0.340 e. The molecule has 1 fully saturated rings. The van der Waals surface area contributed by atoms with Gasteiger partial charge in [0.25, 0.3) is 0 Å². The average molecular weight is 548 g/mol. The summed E-state index contributed by atoms with van der Waals surface area (Å²) in [5, 5.41) is 24.0. The summed E-state index contributed by atoms with van der Waals surface area (Å²) in [6, 6.07) is 9.37. The fourth-order valence-corrected chi connectivity index (χ4v) is 7.28. The topological polar surface area (TPSA) is 197 Å². The largest absolute Gasteiger partial charge is 0.387 e. The van der Waals surface area contributed by atoms with Crippen LogP contribution in [0.1, 0.15) is 24.8 Å². The van der Waals surface area contributed by atoms with E-state index in [1.165, 1.54) is 10.9 Å². The van der Waals surface area contributed by atoms with Gasteiger partial charge in [0.05, 0.1) is 18.1 Å². The zero-order valence-corrected chi connectivity index (χ0v) is 20.7. The van der Waals surface area contributed by atoms with E-state index in [2.05, 4.69) is 20.3 Å². The van der Waals surface area contributed by atoms with Gasteiger partial charge in [0.2, 0.25) is 5.28 Å². The van der Waals surface area contributed by atoms with Crippen molar-refractivity contribution in [1.29, 1.82) is 0 Å². The van der Waals surface area contributed by atoms with Crippen LogP contribution in [0.2, 0.25) is 5.28 Å². The molecule has 1 aliphatic heterocycles. The van der Waals surface area contributed by atoms with Gasteiger partial charge >= 0.3 is 7.60 Å². The molecule has 0 unspecified atom stereocenters. The predicted octanol–water partition coefficient (Wildman–Crippen LogP) is 0.822. The van der Waals surface area contributed by atoms with E-state index in [4.69, 9.17) is 26.1 Å². The number of hydrogen-bond acceptors (Lipinski definition) is 10. The van der Waals surface area contributed by atoms with E-state index in [1.807, 2.05) is 37.3 Å². The Labute approximate surface area is 204 Å². The molecule has 5 atom stereocenters. The van der Waals surface area contributed by atoms with Crippen LogP contribution >= 0.6 is 19.2 Å². The zero-order valence-electron chi connectivity index (χ0n) is 18.2. The lowest BCUT2D eigenvalue weighted by atomic mass is 10.1. The number of aliphatic hydroxyl groups excluding tert-OH is 2. The van der Waals surface area contributed by atoms with Gasteiger partial charge in [0.15, 0.2) is 38.5 Å². The molecule has 35 heavy (non-hydrogen) atoms. The third-order valence-electron chi connectivity index (χ3n) is 5.44. The third kappa shape index (κ3) is 5.81. The Morgan fingerprint density at radius 3 is 2.54 bits per heavy atom. The second-order valence-corrected chi connectivity index (χ2v) is 12.7. The minimum atomic E-state index is -4.86. The lowest BCUT2D eigenvalue weighted by Gasteiger charge is -2.18. The molecule has 5 N–H and O–H groups in total. The van der Waals surface area contributed by atoms with Crippen LogP contribution in [0.3, 0.4) is 0 Å². The van der Waals surface area contributed by atoms with Crippen LogP contribution in [-0.2, 0) is 19.1 Å². The Morgan fingerprint density at radius 1 is 1.20 bits per heavy atom. The summed E-state index contributed by atoms with van der Waals surface area (Å²) in [6.45, 7) is 1.91. The standard InChI is InChI=1S/C19H23ClN5O8PS/c1-10(11-5-3-2-4-6-11)22-16-13-17(24-19(20)23-16)25(8-21-13)18-15(27)14(26)12(33-18)7-35(31,32)9-34(28,29)30/h2-6,8,10,12,14-15,18,26-27H,7,9H2,1H3,(H,22,23,24)(H2,28,29,30)/t10-,12+,14+,15+,18+/m0/s1. The fraction of sp³-hybridized carbons (Fsp3) is 0.421. The molecular weight excluding hydrogens is 525 g/mol. The Kier molecular flexibility index (Phi) is 7.19. The molecule has 3 aromatic rings. The summed E-state index contributed by atoms with van der Waals surface area (Å²) in [7, 11) is -9.17. The van der Waals surface area contributed by atoms with Gasteiger partial charge in [0.1, 0.15) is 18.3 Å². The lowest BCUT2D eigenvalue weighted by Crippen LogP contribution is -2.35. The molecule has 1 saturated heterocycles. The highest BCUT2D eigenvalue weighted by Crippen LogP contribution is 2.38. The maximum absolute atomic E-state index is 12.1. The fourth-order valence-electron chi connectivity index (χ4n) is 3.86. The van der Waals surface area contributed by atoms with Crippen LogP contribution in [0, 0.1) is 0 Å². The normalized spacial score (nSPS) is 24.1. The number of imidazole rings is 1. The van der Waals surface area contributed by atoms with E-state index in [1.54, 1.807) is 0 Å². The van der Waals surface area contributed by atoms with Gasteiger partial charge in [-0.25, -0.2) is 13.4 Å². The Morgan fingerprint density at radius 2 is 1.89 bits per heavy atom. The Hall–Kier alpha value is -2.16. The van der Waals surface area contributed by atoms with Gasteiger partial charge in [-0.2, -0.15) is 9.97 Å². The second-order valence-electron chi connectivity index (χ2n) is 8.19. The Bertz CT molecular complexity index is 1370. The minimum Gasteiger partial charge on any atom is -0.387 e. The van der Waals surface area contributed by atoms with Crippen LogP contribution in [0.4, 0.5) is 5.82 Å². The first-order valence-corrected chi connectivity index (χ1v) is 14.3. The molecule has 0 spiro atoms. The van der Waals surface area contributed by atoms with Gasteiger partial charge in [-0.3, -0.25) is 9.13 Å². The van der Waals surface area contributed by atoms with E-state index in [-0.39, 0.29) is 17.0 Å². The number of anilines is 1. The van der Waals surface area contributed by atoms with E-state index < -0.39 is 53.2 Å². The van der Waals surface area contributed by atoms with Crippen molar-refractivity contribution in [2.24, 2.45) is 0 Å². The quantitative estimate of drug-likeness (QED) is 0.197. The van der Waals surface area contributed by atoms with Gasteiger partial charge < -0.3 is 30.1 Å². The number of nitrogens with zero attached hydrogens (tertiary/aromatic N) is 4. The molecule has 190 valence electrons. The molecule has 13 nitrogen and oxygen atoms in total. The van der Waals surface area contributed by atoms with Crippen LogP contribution in [-0.4, -0.2) is 77.5 Å². The number of hydrogen-bond donors (Lipinski definition) is 5. The van der Waals surface area contributed by atoms with Crippen molar-refractivity contribution in [2.75, 3.05) is 16.6 Å². The summed E-state index contributed by atoms with van der Waals surface area (Å²) in [4.78, 5) is 30.6. The van der Waals surface area contributed by atoms with Crippen molar-refractivity contribution < 1.29 is 37.7 Å². The molecule has 16 heteroatoms. The van der Waals surface area contributed by atoms with Crippen molar-refractivity contribution >= 4 is 46.0 Å². The molecular formula is C19H23ClN5O8PS. The molecule has 3 heterocycles. The summed E-state index contributed by atoms with van der Waals surface area (Å²) < 4.78 is 42.3. The maximum atomic E-state index is 12.1. The number of aliphatic hydroxyl groups is 2. The summed E-state index contributed by atoms with van der Waals surface area (Å²) in [5.74, 6) is -0.597. The van der Waals surface area contributed by atoms with Crippen molar-refractivity contribution in [3.05, 3.63) is 47.5 Å². The number of fused-ring (bicyclic) bond motifs is 1. The number of aromatic nitrogens is 4. The highest BCUT2D eigenvalue weighted by atomic mass is 35.5. The van der Waals surface area contributed by atoms with Crippen molar-refractivity contribution in [2.45, 2.75) is 37.5 Å². The molecule has 0 amide bonds. The molecule has 0 radical (unpaired) electrons. The van der Waals surface area contributed by atoms with Crippen LogP contribution < -0.4 is 5.32 Å². The second kappa shape index (κ2) is 9.71. The van der Waals surface area contributed by atoms with Gasteiger partial charge in [-0.1, -0.05) is 30.3 Å². The first-order chi connectivity index (χ1) is 16.3. The molecule has 0 aliphatic carbocycles. The summed E-state index contributed by atoms with van der Waals surface area (Å²) >= 11 is 6.12. The van der Waals surface area contributed by atoms with E-state index in [0.29, 0.717) is 11.3 Å². The number of ether oxygens (including phenoxy) is 1. The smallest absolute Gasteiger partial charge is 0.340 e. The number of nitrogens with one attached hydrogen (secondary N) is 1. The molecule has 1 aliphatic rings. The van der Waals surface area contributed by atoms with Crippen LogP contribution in [0.15, 0.2) is 36.7 Å². The van der Waals surface area contributed by atoms with Crippen LogP contribution in [0.5, 0.6) is 0 Å². The van der Waals surface area contributed by atoms with Crippen molar-refractivity contribution in [3.63, 3.8) is 0 Å². The molecule has 0 saturated carbocycles. The van der Waals surface area contributed by atoms with Gasteiger partial charge in [0, 0.05) is 0 Å². The number of sulfone groups is 1. The van der Waals surface area contributed by atoms with Crippen molar-refractivity contribution in [1.82, 2.24) is 19.5 Å². The first kappa shape index (κ1) is 25.9. The minimum absolute atomic E-state index is 0.129. The first-order valence-electron chi connectivity index (χ1n) is 10.3. The predicted molar refractivity (Wildman–Crippen MR) is 125 cm³/mol. The number of halogens is 1. The molecule has 1 aromatic carbocycles. The molecule has 2 aromatic heterocycles. The number of rotatable bonds is 8. The summed E-state index contributed by atoms with van der Waals surface area (Å²) in [5.41, 5.74) is 0.0216. The summed E-state index contributed by atoms with van der Waals surface area (Å²) in [6.07, 6.45) is -4.71. The van der Waals surface area contributed by atoms with Crippen molar-refractivity contribution in [3.8, 4) is 0 Å². The molecule has 4 rings (SSSR count). The molecule has 0 bridgehead atoms. The average Bonchev–Trinajstić information content (AvgIpc) is 3.28. The number of benzene rings is 1. The van der Waals surface area contributed by atoms with Crippen LogP contribution in [0.25, 0.3) is 11.2 Å². The SMILES string of the molecule is C[C@H](Nc1nc(Cl)nc2c1ncn2[C@@H]1O[C@H](CS(=O)(=O)CP(=O)(O)O)[C@@H](O)[C@H]1O)c1ccccc1. The van der Waals surface area contributed by atoms with E-state index >= 15 is 0 Å². The lowest BCUT2D eigenvalue weighted by molar-refractivity contribution is -0.0292. The monoisotopic (exact) mass is 547 g/mol. The van der Waals surface area contributed by atoms with Gasteiger partial charge in [-0.05, 0) is 24.1 Å².